The van der Waals surface area contributed by atoms with E-state index in [0.29, 0.717) is 0 Å². The number of hydrogen-bond donors (Lipinski definition) is 0. The fourth-order valence-corrected chi connectivity index (χ4v) is 2.37. The van der Waals surface area contributed by atoms with Crippen LogP contribution in [-0.2, 0) is 10.7 Å². The smallest absolute Gasteiger partial charge is 0.0294 e. The van der Waals surface area contributed by atoms with Crippen LogP contribution in [0.2, 0.25) is 0 Å². The lowest BCUT2D eigenvalue weighted by Gasteiger charge is -2.20. The number of alkyl halides is 1. The van der Waals surface area contributed by atoms with Crippen molar-refractivity contribution in [2.75, 3.05) is 0 Å². The Labute approximate surface area is 97.0 Å². The van der Waals surface area contributed by atoms with Crippen molar-refractivity contribution in [2.24, 2.45) is 0 Å². The van der Waals surface area contributed by atoms with Crippen LogP contribution in [0.4, 0.5) is 0 Å². The monoisotopic (exact) mass is 304 g/mol. The minimum atomic E-state index is 0.234. The topological polar surface area (TPSA) is 0 Å². The molecule has 1 aromatic rings. The van der Waals surface area contributed by atoms with E-state index in [-0.39, 0.29) is 5.41 Å². The lowest BCUT2D eigenvalue weighted by Crippen LogP contribution is -2.11. The lowest BCUT2D eigenvalue weighted by molar-refractivity contribution is 0.589. The number of hydrogen-bond acceptors (Lipinski definition) is 0. The molecule has 0 nitrogen and oxygen atoms in total. The van der Waals surface area contributed by atoms with Crippen LogP contribution in [0, 0.1) is 0 Å². The zero-order valence-corrected chi connectivity index (χ0v) is 11.4. The first-order valence-corrected chi connectivity index (χ1v) is 6.21. The maximum absolute atomic E-state index is 3.53. The lowest BCUT2D eigenvalue weighted by atomic mass is 9.86. The first kappa shape index (κ1) is 11.3. The fraction of sp³-hybridized carbons (Fsp3) is 0.455. The highest BCUT2D eigenvalue weighted by atomic mass is 79.9. The molecule has 2 heteroatoms. The maximum atomic E-state index is 3.53. The molecule has 1 aromatic carbocycles. The van der Waals surface area contributed by atoms with Crippen molar-refractivity contribution >= 4 is 31.9 Å². The van der Waals surface area contributed by atoms with Crippen molar-refractivity contribution in [1.29, 1.82) is 0 Å². The molecule has 0 aliphatic heterocycles. The van der Waals surface area contributed by atoms with Crippen molar-refractivity contribution in [3.05, 3.63) is 33.8 Å². The predicted molar refractivity (Wildman–Crippen MR) is 65.5 cm³/mol. The summed E-state index contributed by atoms with van der Waals surface area (Å²) in [4.78, 5) is 0. The molecule has 0 bridgehead atoms. The minimum absolute atomic E-state index is 0.234. The van der Waals surface area contributed by atoms with E-state index in [4.69, 9.17) is 0 Å². The quantitative estimate of drug-likeness (QED) is 0.663. The zero-order chi connectivity index (χ0) is 10.1. The van der Waals surface area contributed by atoms with Gasteiger partial charge in [-0.1, -0.05) is 64.8 Å². The average molecular weight is 306 g/mol. The van der Waals surface area contributed by atoms with Gasteiger partial charge in [-0.2, -0.15) is 0 Å². The molecule has 0 N–H and O–H groups in total. The summed E-state index contributed by atoms with van der Waals surface area (Å²) in [5.74, 6) is 0. The Hall–Kier alpha value is 0.180. The van der Waals surface area contributed by atoms with Crippen LogP contribution >= 0.6 is 31.9 Å². The van der Waals surface area contributed by atoms with Crippen LogP contribution in [-0.4, -0.2) is 0 Å². The summed E-state index contributed by atoms with van der Waals surface area (Å²) < 4.78 is 1.18. The largest absolute Gasteiger partial charge is 0.0876 e. The Bertz CT molecular complexity index is 297. The van der Waals surface area contributed by atoms with Gasteiger partial charge in [-0.15, -0.1) is 0 Å². The predicted octanol–water partition coefficient (Wildman–Crippen LogP) is 4.64. The first-order valence-electron chi connectivity index (χ1n) is 4.30. The second-order valence-corrected chi connectivity index (χ2v) is 5.60. The Morgan fingerprint density at radius 2 is 1.85 bits per heavy atom. The molecule has 0 radical (unpaired) electrons. The van der Waals surface area contributed by atoms with E-state index in [9.17, 15) is 0 Å². The summed E-state index contributed by atoms with van der Waals surface area (Å²) >= 11 is 7.01. The highest BCUT2D eigenvalue weighted by molar-refractivity contribution is 9.10. The van der Waals surface area contributed by atoms with Gasteiger partial charge >= 0.3 is 0 Å². The van der Waals surface area contributed by atoms with Gasteiger partial charge in [0.05, 0.1) is 0 Å². The Morgan fingerprint density at radius 1 is 1.23 bits per heavy atom. The summed E-state index contributed by atoms with van der Waals surface area (Å²) in [5.41, 5.74) is 2.93. The molecule has 0 spiro atoms. The van der Waals surface area contributed by atoms with E-state index in [0.717, 1.165) is 5.33 Å². The zero-order valence-electron chi connectivity index (χ0n) is 8.20. The number of halogens is 2. The molecule has 0 aliphatic rings. The molecule has 0 amide bonds. The molecule has 0 saturated carbocycles. The number of benzene rings is 1. The fourth-order valence-electron chi connectivity index (χ4n) is 1.14. The third-order valence-corrected chi connectivity index (χ3v) is 3.43. The van der Waals surface area contributed by atoms with Crippen LogP contribution in [0.3, 0.4) is 0 Å². The van der Waals surface area contributed by atoms with E-state index < -0.39 is 0 Å². The van der Waals surface area contributed by atoms with Crippen molar-refractivity contribution < 1.29 is 0 Å². The maximum Gasteiger partial charge on any atom is 0.0294 e. The van der Waals surface area contributed by atoms with Gasteiger partial charge in [0, 0.05) is 9.80 Å². The van der Waals surface area contributed by atoms with E-state index in [1.807, 2.05) is 0 Å². The molecule has 0 saturated heterocycles. The molecule has 13 heavy (non-hydrogen) atoms. The first-order chi connectivity index (χ1) is 5.95. The summed E-state index contributed by atoms with van der Waals surface area (Å²) in [6.45, 7) is 6.69. The molecule has 72 valence electrons. The van der Waals surface area contributed by atoms with Gasteiger partial charge in [0.15, 0.2) is 0 Å². The molecular formula is C11H14Br2. The van der Waals surface area contributed by atoms with Gasteiger partial charge in [0.1, 0.15) is 0 Å². The van der Waals surface area contributed by atoms with Crippen LogP contribution in [0.25, 0.3) is 0 Å². The van der Waals surface area contributed by atoms with Crippen molar-refractivity contribution in [2.45, 2.75) is 31.5 Å². The average Bonchev–Trinajstić information content (AvgIpc) is 2.03. The Balaban J connectivity index is 3.14. The molecule has 1 rings (SSSR count). The van der Waals surface area contributed by atoms with Crippen molar-refractivity contribution in [1.82, 2.24) is 0 Å². The molecule has 0 heterocycles. The van der Waals surface area contributed by atoms with Gasteiger partial charge in [-0.25, -0.2) is 0 Å². The minimum Gasteiger partial charge on any atom is -0.0876 e. The molecule has 0 aliphatic carbocycles. The van der Waals surface area contributed by atoms with Crippen LogP contribution in [0.1, 0.15) is 31.9 Å². The summed E-state index contributed by atoms with van der Waals surface area (Å²) in [7, 11) is 0. The standard InChI is InChI=1S/C11H14Br2/c1-11(2,3)9-4-5-10(13)8(6-9)7-12/h4-6H,7H2,1-3H3. The second kappa shape index (κ2) is 4.14. The third-order valence-electron chi connectivity index (χ3n) is 2.06. The van der Waals surface area contributed by atoms with Crippen molar-refractivity contribution in [3.63, 3.8) is 0 Å². The summed E-state index contributed by atoms with van der Waals surface area (Å²) in [5, 5.41) is 0.900. The van der Waals surface area contributed by atoms with Gasteiger partial charge in [-0.3, -0.25) is 0 Å². The van der Waals surface area contributed by atoms with Gasteiger partial charge in [-0.05, 0) is 22.6 Å². The van der Waals surface area contributed by atoms with Gasteiger partial charge < -0.3 is 0 Å². The van der Waals surface area contributed by atoms with Crippen LogP contribution in [0.5, 0.6) is 0 Å². The van der Waals surface area contributed by atoms with Gasteiger partial charge in [0.25, 0.3) is 0 Å². The molecular weight excluding hydrogens is 292 g/mol. The third kappa shape index (κ3) is 2.81. The molecule has 0 fully saturated rings. The molecule has 0 aromatic heterocycles. The number of rotatable bonds is 1. The normalized spacial score (nSPS) is 11.8. The summed E-state index contributed by atoms with van der Waals surface area (Å²) in [6.07, 6.45) is 0. The molecule has 0 unspecified atom stereocenters. The van der Waals surface area contributed by atoms with E-state index >= 15 is 0 Å². The highest BCUT2D eigenvalue weighted by Crippen LogP contribution is 2.27. The second-order valence-electron chi connectivity index (χ2n) is 4.19. The van der Waals surface area contributed by atoms with E-state index in [1.54, 1.807) is 0 Å². The van der Waals surface area contributed by atoms with Crippen molar-refractivity contribution in [3.8, 4) is 0 Å². The summed E-state index contributed by atoms with van der Waals surface area (Å²) in [6, 6.07) is 6.55. The van der Waals surface area contributed by atoms with E-state index in [2.05, 4.69) is 70.8 Å². The Kier molecular flexibility index (Phi) is 3.58. The van der Waals surface area contributed by atoms with Crippen LogP contribution in [0.15, 0.2) is 22.7 Å². The Morgan fingerprint density at radius 3 is 2.31 bits per heavy atom. The highest BCUT2D eigenvalue weighted by Gasteiger charge is 2.14. The molecule has 0 atom stereocenters. The SMILES string of the molecule is CC(C)(C)c1ccc(Br)c(CBr)c1. The van der Waals surface area contributed by atoms with Gasteiger partial charge in [0.2, 0.25) is 0 Å². The van der Waals surface area contributed by atoms with Crippen LogP contribution < -0.4 is 0 Å². The van der Waals surface area contributed by atoms with E-state index in [1.165, 1.54) is 15.6 Å².